The first-order valence-corrected chi connectivity index (χ1v) is 16.1. The van der Waals surface area contributed by atoms with Crippen LogP contribution in [-0.2, 0) is 29.8 Å². The molecule has 0 radical (unpaired) electrons. The standard InChI is InChI=1S/C29H27Cl3N4O6S/c1-14-5-6-15(30)9-18(14)24-29(20-8-7-16(31)11-22(20)34-27(29)39)21(12-23(37)35-24)19-10-17(32)13-33-25(19)42-28(2,3)26(38)36-43(4,40)41/h5-11,13,21,24H,12H2,1-4H3,(H,34,39)(H,35,37)(H,36,38)/t21-,24+,29?/m1/s1. The van der Waals surface area contributed by atoms with E-state index < -0.39 is 44.8 Å². The number of nitrogens with zero attached hydrogens (tertiary/aromatic N) is 1. The first kappa shape index (κ1) is 31.1. The number of carbonyl (C=O) groups excluding carboxylic acids is 3. The summed E-state index contributed by atoms with van der Waals surface area (Å²) in [4.78, 5) is 45.0. The number of ether oxygens (including phenoxy) is 1. The molecule has 0 aliphatic carbocycles. The average molecular weight is 666 g/mol. The van der Waals surface area contributed by atoms with Gasteiger partial charge in [-0.2, -0.15) is 0 Å². The lowest BCUT2D eigenvalue weighted by atomic mass is 9.59. The van der Waals surface area contributed by atoms with Crippen LogP contribution in [0.4, 0.5) is 5.69 Å². The molecule has 1 aromatic heterocycles. The third kappa shape index (κ3) is 5.66. The summed E-state index contributed by atoms with van der Waals surface area (Å²) in [6.45, 7) is 4.59. The maximum Gasteiger partial charge on any atom is 0.277 e. The highest BCUT2D eigenvalue weighted by Crippen LogP contribution is 2.59. The highest BCUT2D eigenvalue weighted by molar-refractivity contribution is 7.89. The molecule has 3 aromatic rings. The minimum atomic E-state index is -3.90. The van der Waals surface area contributed by atoms with Crippen LogP contribution in [0, 0.1) is 6.92 Å². The summed E-state index contributed by atoms with van der Waals surface area (Å²) in [7, 11) is -3.90. The number of nitrogens with one attached hydrogen (secondary N) is 3. The second-order valence-corrected chi connectivity index (χ2v) is 14.2. The van der Waals surface area contributed by atoms with Gasteiger partial charge < -0.3 is 15.4 Å². The maximum absolute atomic E-state index is 14.4. The van der Waals surface area contributed by atoms with Crippen LogP contribution in [0.15, 0.2) is 48.7 Å². The Balaban J connectivity index is 1.76. The molecular formula is C29H27Cl3N4O6S. The molecule has 0 bridgehead atoms. The highest BCUT2D eigenvalue weighted by atomic mass is 35.5. The number of hydrogen-bond donors (Lipinski definition) is 3. The minimum absolute atomic E-state index is 0.103. The summed E-state index contributed by atoms with van der Waals surface area (Å²) in [6.07, 6.45) is 1.96. The van der Waals surface area contributed by atoms with Gasteiger partial charge in [-0.05, 0) is 67.8 Å². The second kappa shape index (κ2) is 11.0. The van der Waals surface area contributed by atoms with Crippen molar-refractivity contribution in [3.8, 4) is 5.88 Å². The van der Waals surface area contributed by atoms with E-state index in [2.05, 4.69) is 15.6 Å². The molecule has 5 rings (SSSR count). The Bertz CT molecular complexity index is 1800. The second-order valence-electron chi connectivity index (χ2n) is 11.1. The van der Waals surface area contributed by atoms with E-state index in [0.29, 0.717) is 26.9 Å². The van der Waals surface area contributed by atoms with Gasteiger partial charge in [-0.1, -0.05) is 46.9 Å². The number of aromatic nitrogens is 1. The Kier molecular flexibility index (Phi) is 7.92. The molecule has 3 heterocycles. The minimum Gasteiger partial charge on any atom is -0.461 e. The van der Waals surface area contributed by atoms with Crippen LogP contribution in [0.1, 0.15) is 54.5 Å². The van der Waals surface area contributed by atoms with Gasteiger partial charge in [-0.25, -0.2) is 18.1 Å². The molecule has 3 amide bonds. The first-order chi connectivity index (χ1) is 20.0. The van der Waals surface area contributed by atoms with Crippen LogP contribution in [0.5, 0.6) is 5.88 Å². The molecule has 3 atom stereocenters. The molecule has 2 aliphatic rings. The molecule has 1 unspecified atom stereocenters. The number of hydrogen-bond acceptors (Lipinski definition) is 7. The molecule has 1 spiro atoms. The largest absolute Gasteiger partial charge is 0.461 e. The third-order valence-corrected chi connectivity index (χ3v) is 8.93. The quantitative estimate of drug-likeness (QED) is 0.343. The van der Waals surface area contributed by atoms with Crippen molar-refractivity contribution in [2.75, 3.05) is 11.6 Å². The van der Waals surface area contributed by atoms with Crippen LogP contribution < -0.4 is 20.1 Å². The fourth-order valence-electron chi connectivity index (χ4n) is 5.80. The van der Waals surface area contributed by atoms with E-state index in [-0.39, 0.29) is 28.8 Å². The van der Waals surface area contributed by atoms with E-state index in [1.165, 1.54) is 26.1 Å². The van der Waals surface area contributed by atoms with Crippen molar-refractivity contribution < 1.29 is 27.5 Å². The van der Waals surface area contributed by atoms with Crippen LogP contribution in [0.25, 0.3) is 0 Å². The average Bonchev–Trinajstić information content (AvgIpc) is 3.17. The molecule has 14 heteroatoms. The molecular weight excluding hydrogens is 639 g/mol. The van der Waals surface area contributed by atoms with Crippen molar-refractivity contribution in [1.82, 2.24) is 15.0 Å². The molecule has 1 saturated heterocycles. The molecule has 3 N–H and O–H groups in total. The van der Waals surface area contributed by atoms with Crippen molar-refractivity contribution in [3.05, 3.63) is 86.0 Å². The lowest BCUT2D eigenvalue weighted by molar-refractivity contribution is -0.133. The number of rotatable bonds is 6. The van der Waals surface area contributed by atoms with Crippen molar-refractivity contribution in [1.29, 1.82) is 0 Å². The summed E-state index contributed by atoms with van der Waals surface area (Å²) >= 11 is 19.1. The number of halogens is 3. The number of pyridine rings is 1. The van der Waals surface area contributed by atoms with Gasteiger partial charge in [0.25, 0.3) is 5.91 Å². The lowest BCUT2D eigenvalue weighted by Crippen LogP contribution is -2.57. The Hall–Kier alpha value is -3.38. The summed E-state index contributed by atoms with van der Waals surface area (Å²) < 4.78 is 31.5. The number of aryl methyl sites for hydroxylation is 1. The zero-order chi connectivity index (χ0) is 31.5. The topological polar surface area (TPSA) is 144 Å². The molecule has 43 heavy (non-hydrogen) atoms. The van der Waals surface area contributed by atoms with Crippen molar-refractivity contribution >= 4 is 68.2 Å². The summed E-state index contributed by atoms with van der Waals surface area (Å²) in [6, 6.07) is 10.9. The number of anilines is 1. The molecule has 10 nitrogen and oxygen atoms in total. The summed E-state index contributed by atoms with van der Waals surface area (Å²) in [5, 5.41) is 6.97. The van der Waals surface area contributed by atoms with Crippen molar-refractivity contribution in [3.63, 3.8) is 0 Å². The van der Waals surface area contributed by atoms with Gasteiger partial charge in [-0.15, -0.1) is 0 Å². The third-order valence-electron chi connectivity index (χ3n) is 7.70. The molecule has 0 saturated carbocycles. The smallest absolute Gasteiger partial charge is 0.277 e. The summed E-state index contributed by atoms with van der Waals surface area (Å²) in [5.74, 6) is -2.76. The Morgan fingerprint density at radius 2 is 1.70 bits per heavy atom. The fraction of sp³-hybridized carbons (Fsp3) is 0.310. The molecule has 226 valence electrons. The van der Waals surface area contributed by atoms with Gasteiger partial charge in [0.15, 0.2) is 5.60 Å². The van der Waals surface area contributed by atoms with E-state index in [9.17, 15) is 22.8 Å². The number of fused-ring (bicyclic) bond motifs is 2. The van der Waals surface area contributed by atoms with E-state index in [1.54, 1.807) is 36.4 Å². The predicted octanol–water partition coefficient (Wildman–Crippen LogP) is 4.82. The van der Waals surface area contributed by atoms with Crippen LogP contribution in [-0.4, -0.2) is 43.0 Å². The Morgan fingerprint density at radius 3 is 2.40 bits per heavy atom. The number of benzene rings is 2. The lowest BCUT2D eigenvalue weighted by Gasteiger charge is -2.47. The van der Waals surface area contributed by atoms with Gasteiger partial charge >= 0.3 is 0 Å². The van der Waals surface area contributed by atoms with Crippen LogP contribution in [0.2, 0.25) is 15.1 Å². The number of sulfonamides is 1. The Morgan fingerprint density at radius 1 is 1.05 bits per heavy atom. The zero-order valence-corrected chi connectivity index (χ0v) is 26.5. The Labute approximate surface area is 263 Å². The number of carbonyl (C=O) groups is 3. The SMILES string of the molecule is Cc1ccc(Cl)cc1[C@@H]1NC(=O)C[C@H](c2cc(Cl)cnc2OC(C)(C)C(=O)NS(C)(=O)=O)C12C(=O)Nc1cc(Cl)ccc12. The van der Waals surface area contributed by atoms with E-state index >= 15 is 0 Å². The van der Waals surface area contributed by atoms with Gasteiger partial charge in [0.05, 0.1) is 17.3 Å². The van der Waals surface area contributed by atoms with E-state index in [0.717, 1.165) is 11.8 Å². The highest BCUT2D eigenvalue weighted by Gasteiger charge is 2.62. The first-order valence-electron chi connectivity index (χ1n) is 13.1. The van der Waals surface area contributed by atoms with E-state index in [4.69, 9.17) is 39.5 Å². The van der Waals surface area contributed by atoms with Crippen molar-refractivity contribution in [2.45, 2.75) is 50.2 Å². The van der Waals surface area contributed by atoms with Crippen molar-refractivity contribution in [2.24, 2.45) is 0 Å². The number of amides is 3. The summed E-state index contributed by atoms with van der Waals surface area (Å²) in [5.41, 5.74) is -0.518. The molecule has 1 fully saturated rings. The molecule has 2 aliphatic heterocycles. The zero-order valence-electron chi connectivity index (χ0n) is 23.4. The van der Waals surface area contributed by atoms with Gasteiger partial charge in [-0.3, -0.25) is 14.4 Å². The van der Waals surface area contributed by atoms with Gasteiger partial charge in [0.1, 0.15) is 5.41 Å². The number of piperidine rings is 1. The normalized spacial score (nSPS) is 21.7. The van der Waals surface area contributed by atoms with Gasteiger partial charge in [0, 0.05) is 39.8 Å². The fourth-order valence-corrected chi connectivity index (χ4v) is 6.90. The monoisotopic (exact) mass is 664 g/mol. The van der Waals surface area contributed by atoms with Crippen LogP contribution >= 0.6 is 34.8 Å². The maximum atomic E-state index is 14.4. The predicted molar refractivity (Wildman–Crippen MR) is 163 cm³/mol. The van der Waals surface area contributed by atoms with Gasteiger partial charge in [0.2, 0.25) is 27.7 Å². The van der Waals surface area contributed by atoms with E-state index in [1.807, 2.05) is 11.6 Å². The van der Waals surface area contributed by atoms with Crippen LogP contribution in [0.3, 0.4) is 0 Å². The molecule has 2 aromatic carbocycles.